The minimum Gasteiger partial charge on any atom is -0.383 e. The first-order valence-corrected chi connectivity index (χ1v) is 10.5. The number of fused-ring (bicyclic) bond motifs is 1. The molecule has 3 rings (SSSR count). The Morgan fingerprint density at radius 1 is 1.11 bits per heavy atom. The first kappa shape index (κ1) is 19.4. The standard InChI is InChI=1S/C20H24N2O4S/c1-15-3-5-16(6-4-15)14-27(24,25)21-18-8-9-19-17(13-18)7-10-20(23)22(19)11-12-26-2/h3-6,8-9,13,21H,7,10-12,14H2,1-2H3. The number of amides is 1. The zero-order valence-corrected chi connectivity index (χ0v) is 16.4. The van der Waals surface area contributed by atoms with Crippen LogP contribution in [0.15, 0.2) is 42.5 Å². The summed E-state index contributed by atoms with van der Waals surface area (Å²) < 4.78 is 32.7. The highest BCUT2D eigenvalue weighted by Gasteiger charge is 2.24. The molecule has 27 heavy (non-hydrogen) atoms. The van der Waals surface area contributed by atoms with Crippen molar-refractivity contribution in [1.29, 1.82) is 0 Å². The van der Waals surface area contributed by atoms with E-state index in [0.29, 0.717) is 31.7 Å². The molecule has 0 fully saturated rings. The molecule has 7 heteroatoms. The van der Waals surface area contributed by atoms with Crippen LogP contribution in [0.3, 0.4) is 0 Å². The van der Waals surface area contributed by atoms with Gasteiger partial charge < -0.3 is 9.64 Å². The number of carbonyl (C=O) groups is 1. The number of aryl methyl sites for hydroxylation is 2. The van der Waals surface area contributed by atoms with Crippen LogP contribution in [0.1, 0.15) is 23.1 Å². The maximum atomic E-state index is 12.5. The Kier molecular flexibility index (Phi) is 5.82. The van der Waals surface area contributed by atoms with Gasteiger partial charge in [-0.25, -0.2) is 8.42 Å². The van der Waals surface area contributed by atoms with Crippen LogP contribution in [0.5, 0.6) is 0 Å². The van der Waals surface area contributed by atoms with Crippen molar-refractivity contribution in [2.45, 2.75) is 25.5 Å². The summed E-state index contributed by atoms with van der Waals surface area (Å²) >= 11 is 0. The summed E-state index contributed by atoms with van der Waals surface area (Å²) in [5.41, 5.74) is 4.13. The quantitative estimate of drug-likeness (QED) is 0.791. The molecule has 0 atom stereocenters. The highest BCUT2D eigenvalue weighted by molar-refractivity contribution is 7.91. The van der Waals surface area contributed by atoms with Gasteiger partial charge in [-0.3, -0.25) is 9.52 Å². The number of methoxy groups -OCH3 is 1. The zero-order chi connectivity index (χ0) is 19.4. The Morgan fingerprint density at radius 3 is 2.56 bits per heavy atom. The number of carbonyl (C=O) groups excluding carboxylic acids is 1. The fraction of sp³-hybridized carbons (Fsp3) is 0.350. The molecule has 0 unspecified atom stereocenters. The van der Waals surface area contributed by atoms with Crippen LogP contribution in [0.2, 0.25) is 0 Å². The second kappa shape index (κ2) is 8.10. The van der Waals surface area contributed by atoms with E-state index in [9.17, 15) is 13.2 Å². The minimum atomic E-state index is -3.52. The first-order chi connectivity index (χ1) is 12.9. The SMILES string of the molecule is COCCN1C(=O)CCc2cc(NS(=O)(=O)Cc3ccc(C)cc3)ccc21. The average Bonchev–Trinajstić information content (AvgIpc) is 2.62. The average molecular weight is 388 g/mol. The Hall–Kier alpha value is -2.38. The molecule has 0 bridgehead atoms. The van der Waals surface area contributed by atoms with Crippen molar-refractivity contribution in [3.63, 3.8) is 0 Å². The van der Waals surface area contributed by atoms with Gasteiger partial charge in [0, 0.05) is 31.5 Å². The summed E-state index contributed by atoms with van der Waals surface area (Å²) in [5, 5.41) is 0. The third-order valence-electron chi connectivity index (χ3n) is 4.55. The summed E-state index contributed by atoms with van der Waals surface area (Å²) in [4.78, 5) is 13.9. The molecule has 1 amide bonds. The zero-order valence-electron chi connectivity index (χ0n) is 15.6. The molecule has 1 aliphatic heterocycles. The van der Waals surface area contributed by atoms with Gasteiger partial charge in [-0.15, -0.1) is 0 Å². The lowest BCUT2D eigenvalue weighted by molar-refractivity contribution is -0.119. The molecule has 1 N–H and O–H groups in total. The van der Waals surface area contributed by atoms with Crippen molar-refractivity contribution >= 4 is 27.3 Å². The highest BCUT2D eigenvalue weighted by Crippen LogP contribution is 2.30. The molecular formula is C20H24N2O4S. The van der Waals surface area contributed by atoms with Crippen LogP contribution in [-0.2, 0) is 31.7 Å². The number of rotatable bonds is 7. The van der Waals surface area contributed by atoms with E-state index >= 15 is 0 Å². The largest absolute Gasteiger partial charge is 0.383 e. The van der Waals surface area contributed by atoms with Crippen molar-refractivity contribution in [3.05, 3.63) is 59.2 Å². The molecule has 0 spiro atoms. The normalized spacial score (nSPS) is 14.1. The van der Waals surface area contributed by atoms with Gasteiger partial charge in [-0.2, -0.15) is 0 Å². The highest BCUT2D eigenvalue weighted by atomic mass is 32.2. The van der Waals surface area contributed by atoms with Crippen LogP contribution in [-0.4, -0.2) is 34.6 Å². The first-order valence-electron chi connectivity index (χ1n) is 8.86. The fourth-order valence-corrected chi connectivity index (χ4v) is 4.36. The molecule has 6 nitrogen and oxygen atoms in total. The Labute approximate surface area is 160 Å². The van der Waals surface area contributed by atoms with Crippen LogP contribution in [0.25, 0.3) is 0 Å². The molecule has 0 aromatic heterocycles. The van der Waals surface area contributed by atoms with Crippen molar-refractivity contribution in [2.24, 2.45) is 0 Å². The van der Waals surface area contributed by atoms with Gasteiger partial charge in [0.15, 0.2) is 0 Å². The minimum absolute atomic E-state index is 0.0623. The van der Waals surface area contributed by atoms with Crippen LogP contribution < -0.4 is 9.62 Å². The van der Waals surface area contributed by atoms with E-state index in [1.807, 2.05) is 37.3 Å². The molecule has 0 saturated heterocycles. The Bertz CT molecular complexity index is 923. The van der Waals surface area contributed by atoms with Gasteiger partial charge in [-0.05, 0) is 42.7 Å². The number of hydrogen-bond acceptors (Lipinski definition) is 4. The van der Waals surface area contributed by atoms with Gasteiger partial charge in [0.2, 0.25) is 15.9 Å². The maximum Gasteiger partial charge on any atom is 0.236 e. The van der Waals surface area contributed by atoms with E-state index in [2.05, 4.69) is 4.72 Å². The summed E-state index contributed by atoms with van der Waals surface area (Å²) in [7, 11) is -1.92. The fourth-order valence-electron chi connectivity index (χ4n) is 3.17. The van der Waals surface area contributed by atoms with E-state index < -0.39 is 10.0 Å². The number of nitrogens with zero attached hydrogens (tertiary/aromatic N) is 1. The summed E-state index contributed by atoms with van der Waals surface area (Å²) in [6, 6.07) is 12.7. The number of benzene rings is 2. The lowest BCUT2D eigenvalue weighted by Crippen LogP contribution is -2.37. The van der Waals surface area contributed by atoms with Crippen LogP contribution in [0, 0.1) is 6.92 Å². The van der Waals surface area contributed by atoms with Gasteiger partial charge in [0.05, 0.1) is 12.4 Å². The van der Waals surface area contributed by atoms with Crippen molar-refractivity contribution in [2.75, 3.05) is 29.9 Å². The lowest BCUT2D eigenvalue weighted by atomic mass is 10.0. The number of nitrogens with one attached hydrogen (secondary N) is 1. The van der Waals surface area contributed by atoms with Gasteiger partial charge in [-0.1, -0.05) is 29.8 Å². The predicted molar refractivity (Wildman–Crippen MR) is 106 cm³/mol. The van der Waals surface area contributed by atoms with Crippen molar-refractivity contribution in [1.82, 2.24) is 0 Å². The van der Waals surface area contributed by atoms with E-state index in [1.165, 1.54) is 0 Å². The van der Waals surface area contributed by atoms with Gasteiger partial charge in [0.1, 0.15) is 0 Å². The molecule has 0 saturated carbocycles. The molecule has 1 aliphatic rings. The second-order valence-electron chi connectivity index (χ2n) is 6.73. The van der Waals surface area contributed by atoms with E-state index in [-0.39, 0.29) is 11.7 Å². The van der Waals surface area contributed by atoms with Gasteiger partial charge in [0.25, 0.3) is 0 Å². The van der Waals surface area contributed by atoms with Crippen molar-refractivity contribution in [3.8, 4) is 0 Å². The smallest absolute Gasteiger partial charge is 0.236 e. The molecule has 0 aliphatic carbocycles. The Morgan fingerprint density at radius 2 is 1.85 bits per heavy atom. The van der Waals surface area contributed by atoms with Crippen molar-refractivity contribution < 1.29 is 17.9 Å². The lowest BCUT2D eigenvalue weighted by Gasteiger charge is -2.29. The van der Waals surface area contributed by atoms with Crippen LogP contribution >= 0.6 is 0 Å². The molecule has 0 radical (unpaired) electrons. The number of hydrogen-bond donors (Lipinski definition) is 1. The predicted octanol–water partition coefficient (Wildman–Crippen LogP) is 2.86. The second-order valence-corrected chi connectivity index (χ2v) is 8.45. The number of sulfonamides is 1. The van der Waals surface area contributed by atoms with E-state index in [0.717, 1.165) is 22.4 Å². The number of anilines is 2. The maximum absolute atomic E-state index is 12.5. The van der Waals surface area contributed by atoms with E-state index in [1.54, 1.807) is 24.1 Å². The molecule has 2 aromatic rings. The molecule has 2 aromatic carbocycles. The van der Waals surface area contributed by atoms with E-state index in [4.69, 9.17) is 4.74 Å². The molecular weight excluding hydrogens is 364 g/mol. The third kappa shape index (κ3) is 4.87. The summed E-state index contributed by atoms with van der Waals surface area (Å²) in [6.45, 7) is 2.90. The summed E-state index contributed by atoms with van der Waals surface area (Å²) in [6.07, 6.45) is 1.02. The van der Waals surface area contributed by atoms with Gasteiger partial charge >= 0.3 is 0 Å². The Balaban J connectivity index is 1.76. The molecule has 144 valence electrons. The summed E-state index contributed by atoms with van der Waals surface area (Å²) in [5.74, 6) is -0.0183. The number of ether oxygens (including phenoxy) is 1. The monoisotopic (exact) mass is 388 g/mol. The molecule has 1 heterocycles. The van der Waals surface area contributed by atoms with Crippen LogP contribution in [0.4, 0.5) is 11.4 Å². The topological polar surface area (TPSA) is 75.7 Å². The third-order valence-corrected chi connectivity index (χ3v) is 5.81.